The number of methoxy groups -OCH3 is 1. The van der Waals surface area contributed by atoms with Crippen LogP contribution >= 0.6 is 15.9 Å². The summed E-state index contributed by atoms with van der Waals surface area (Å²) < 4.78 is 18.8. The second-order valence-corrected chi connectivity index (χ2v) is 3.55. The van der Waals surface area contributed by atoms with E-state index in [1.807, 2.05) is 0 Å². The van der Waals surface area contributed by atoms with E-state index in [1.54, 1.807) is 13.0 Å². The van der Waals surface area contributed by atoms with Crippen LogP contribution < -0.4 is 10.5 Å². The minimum absolute atomic E-state index is 0.297. The number of rotatable bonds is 2. The van der Waals surface area contributed by atoms with E-state index >= 15 is 0 Å². The number of ether oxygens (including phenoxy) is 1. The van der Waals surface area contributed by atoms with Gasteiger partial charge in [-0.1, -0.05) is 0 Å². The number of hydrogen-bond acceptors (Lipinski definition) is 2. The molecule has 0 fully saturated rings. The third-order valence-electron chi connectivity index (χ3n) is 1.90. The fourth-order valence-electron chi connectivity index (χ4n) is 1.24. The smallest absolute Gasteiger partial charge is 0.143 e. The quantitative estimate of drug-likeness (QED) is 0.871. The van der Waals surface area contributed by atoms with Crippen LogP contribution in [0.15, 0.2) is 10.5 Å². The Kier molecular flexibility index (Phi) is 3.27. The van der Waals surface area contributed by atoms with Crippen LogP contribution in [0.4, 0.5) is 4.39 Å². The van der Waals surface area contributed by atoms with E-state index in [-0.39, 0.29) is 5.82 Å². The lowest BCUT2D eigenvalue weighted by Crippen LogP contribution is -2.03. The summed E-state index contributed by atoms with van der Waals surface area (Å²) in [6, 6.07) is 1.64. The largest absolute Gasteiger partial charge is 0.496 e. The van der Waals surface area contributed by atoms with Crippen molar-refractivity contribution < 1.29 is 9.13 Å². The molecule has 0 radical (unpaired) electrons. The number of benzene rings is 1. The van der Waals surface area contributed by atoms with E-state index in [0.717, 1.165) is 5.56 Å². The molecule has 2 N–H and O–H groups in total. The van der Waals surface area contributed by atoms with E-state index in [4.69, 9.17) is 10.5 Å². The highest BCUT2D eigenvalue weighted by Crippen LogP contribution is 2.30. The highest BCUT2D eigenvalue weighted by molar-refractivity contribution is 9.10. The SMILES string of the molecule is COc1c(CN)cc(Br)c(F)c1C. The van der Waals surface area contributed by atoms with Gasteiger partial charge in [0.25, 0.3) is 0 Å². The third kappa shape index (κ3) is 1.84. The summed E-state index contributed by atoms with van der Waals surface area (Å²) in [5, 5.41) is 0. The number of hydrogen-bond donors (Lipinski definition) is 1. The molecule has 0 aliphatic carbocycles. The summed E-state index contributed by atoms with van der Waals surface area (Å²) in [5.74, 6) is 0.234. The molecule has 0 saturated carbocycles. The molecular weight excluding hydrogens is 237 g/mol. The molecule has 0 atom stereocenters. The molecule has 72 valence electrons. The molecule has 0 amide bonds. The van der Waals surface area contributed by atoms with Gasteiger partial charge in [0.05, 0.1) is 11.6 Å². The second-order valence-electron chi connectivity index (χ2n) is 2.69. The Balaban J connectivity index is 3.39. The van der Waals surface area contributed by atoms with Gasteiger partial charge in [-0.05, 0) is 28.9 Å². The zero-order valence-corrected chi connectivity index (χ0v) is 9.11. The predicted molar refractivity (Wildman–Crippen MR) is 53.3 cm³/mol. The number of halogens is 2. The highest BCUT2D eigenvalue weighted by atomic mass is 79.9. The van der Waals surface area contributed by atoms with Gasteiger partial charge in [-0.25, -0.2) is 4.39 Å². The van der Waals surface area contributed by atoms with Crippen molar-refractivity contribution in [1.82, 2.24) is 0 Å². The van der Waals surface area contributed by atoms with Crippen molar-refractivity contribution in [1.29, 1.82) is 0 Å². The van der Waals surface area contributed by atoms with Crippen LogP contribution in [0.1, 0.15) is 11.1 Å². The summed E-state index contributed by atoms with van der Waals surface area (Å²) >= 11 is 3.11. The van der Waals surface area contributed by atoms with Crippen molar-refractivity contribution in [2.45, 2.75) is 13.5 Å². The molecular formula is C9H11BrFNO. The van der Waals surface area contributed by atoms with Crippen LogP contribution in [0.2, 0.25) is 0 Å². The van der Waals surface area contributed by atoms with Gasteiger partial charge in [0.2, 0.25) is 0 Å². The van der Waals surface area contributed by atoms with Crippen molar-refractivity contribution in [3.8, 4) is 5.75 Å². The van der Waals surface area contributed by atoms with Gasteiger partial charge in [-0.3, -0.25) is 0 Å². The van der Waals surface area contributed by atoms with Gasteiger partial charge in [-0.15, -0.1) is 0 Å². The average molecular weight is 248 g/mol. The summed E-state index contributed by atoms with van der Waals surface area (Å²) in [5.41, 5.74) is 6.77. The molecule has 1 aromatic rings. The Bertz CT molecular complexity index is 328. The molecule has 0 spiro atoms. The van der Waals surface area contributed by atoms with Crippen LogP contribution in [0.25, 0.3) is 0 Å². The monoisotopic (exact) mass is 247 g/mol. The summed E-state index contributed by atoms with van der Waals surface area (Å²) in [6.07, 6.45) is 0. The third-order valence-corrected chi connectivity index (χ3v) is 2.47. The van der Waals surface area contributed by atoms with E-state index in [2.05, 4.69) is 15.9 Å². The normalized spacial score (nSPS) is 10.2. The molecule has 1 rings (SSSR count). The van der Waals surface area contributed by atoms with Crippen molar-refractivity contribution in [3.05, 3.63) is 27.5 Å². The Morgan fingerprint density at radius 2 is 2.23 bits per heavy atom. The summed E-state index contributed by atoms with van der Waals surface area (Å²) in [7, 11) is 1.51. The first-order valence-corrected chi connectivity index (χ1v) is 4.62. The zero-order valence-electron chi connectivity index (χ0n) is 7.53. The lowest BCUT2D eigenvalue weighted by Gasteiger charge is -2.11. The van der Waals surface area contributed by atoms with Gasteiger partial charge in [-0.2, -0.15) is 0 Å². The van der Waals surface area contributed by atoms with E-state index < -0.39 is 0 Å². The maximum Gasteiger partial charge on any atom is 0.143 e. The summed E-state index contributed by atoms with van der Waals surface area (Å²) in [4.78, 5) is 0. The van der Waals surface area contributed by atoms with Crippen molar-refractivity contribution in [2.24, 2.45) is 5.73 Å². The van der Waals surface area contributed by atoms with Gasteiger partial charge in [0.15, 0.2) is 0 Å². The molecule has 4 heteroatoms. The first-order valence-electron chi connectivity index (χ1n) is 3.83. The molecule has 0 saturated heterocycles. The maximum atomic E-state index is 13.3. The van der Waals surface area contributed by atoms with Crippen LogP contribution in [0, 0.1) is 12.7 Å². The van der Waals surface area contributed by atoms with Crippen molar-refractivity contribution in [2.75, 3.05) is 7.11 Å². The lowest BCUT2D eigenvalue weighted by molar-refractivity contribution is 0.401. The van der Waals surface area contributed by atoms with Crippen molar-refractivity contribution >= 4 is 15.9 Å². The Hall–Kier alpha value is -0.610. The van der Waals surface area contributed by atoms with Crippen LogP contribution in [0.3, 0.4) is 0 Å². The standard InChI is InChI=1S/C9H11BrFNO/c1-5-8(11)7(10)3-6(4-12)9(5)13-2/h3H,4,12H2,1-2H3. The second kappa shape index (κ2) is 4.07. The molecule has 0 aromatic heterocycles. The molecule has 0 bridgehead atoms. The average Bonchev–Trinajstić information content (AvgIpc) is 2.13. The van der Waals surface area contributed by atoms with Crippen LogP contribution in [-0.2, 0) is 6.54 Å². The van der Waals surface area contributed by atoms with Crippen LogP contribution in [-0.4, -0.2) is 7.11 Å². The molecule has 0 heterocycles. The molecule has 0 aliphatic rings. The minimum atomic E-state index is -0.297. The van der Waals surface area contributed by atoms with E-state index in [9.17, 15) is 4.39 Å². The molecule has 0 aliphatic heterocycles. The Labute approximate surface area is 85.0 Å². The topological polar surface area (TPSA) is 35.2 Å². The van der Waals surface area contributed by atoms with Crippen LogP contribution in [0.5, 0.6) is 5.75 Å². The highest BCUT2D eigenvalue weighted by Gasteiger charge is 2.13. The predicted octanol–water partition coefficient (Wildman–Crippen LogP) is 2.36. The summed E-state index contributed by atoms with van der Waals surface area (Å²) in [6.45, 7) is 2.00. The van der Waals surface area contributed by atoms with E-state index in [0.29, 0.717) is 22.3 Å². The Morgan fingerprint density at radius 1 is 1.62 bits per heavy atom. The zero-order chi connectivity index (χ0) is 10.0. The first kappa shape index (κ1) is 10.5. The fraction of sp³-hybridized carbons (Fsp3) is 0.333. The molecule has 1 aromatic carbocycles. The molecule has 2 nitrogen and oxygen atoms in total. The van der Waals surface area contributed by atoms with Gasteiger partial charge >= 0.3 is 0 Å². The van der Waals surface area contributed by atoms with Gasteiger partial charge in [0.1, 0.15) is 11.6 Å². The lowest BCUT2D eigenvalue weighted by atomic mass is 10.1. The first-order chi connectivity index (χ1) is 6.11. The van der Waals surface area contributed by atoms with E-state index in [1.165, 1.54) is 7.11 Å². The molecule has 13 heavy (non-hydrogen) atoms. The van der Waals surface area contributed by atoms with Gasteiger partial charge < -0.3 is 10.5 Å². The molecule has 0 unspecified atom stereocenters. The Morgan fingerprint density at radius 3 is 2.69 bits per heavy atom. The number of nitrogens with two attached hydrogens (primary N) is 1. The maximum absolute atomic E-state index is 13.3. The fourth-order valence-corrected chi connectivity index (χ4v) is 1.81. The minimum Gasteiger partial charge on any atom is -0.496 e. The van der Waals surface area contributed by atoms with Crippen molar-refractivity contribution in [3.63, 3.8) is 0 Å². The van der Waals surface area contributed by atoms with Gasteiger partial charge in [0, 0.05) is 17.7 Å².